The van der Waals surface area contributed by atoms with Gasteiger partial charge in [-0.05, 0) is 61.3 Å². The first-order valence-corrected chi connectivity index (χ1v) is 11.3. The Kier molecular flexibility index (Phi) is 4.78. The second-order valence-corrected chi connectivity index (χ2v) is 8.56. The van der Waals surface area contributed by atoms with Crippen molar-refractivity contribution in [1.29, 1.82) is 0 Å². The fourth-order valence-corrected chi connectivity index (χ4v) is 4.84. The zero-order chi connectivity index (χ0) is 22.4. The lowest BCUT2D eigenvalue weighted by molar-refractivity contribution is 0.186. The summed E-state index contributed by atoms with van der Waals surface area (Å²) in [6, 6.07) is 6.70. The van der Waals surface area contributed by atoms with Crippen LogP contribution in [0.3, 0.4) is 0 Å². The minimum atomic E-state index is -0.220. The topological polar surface area (TPSA) is 57.9 Å². The van der Waals surface area contributed by atoms with Gasteiger partial charge < -0.3 is 9.40 Å². The van der Waals surface area contributed by atoms with Crippen LogP contribution < -0.4 is 10.5 Å². The number of hydrogen-bond acceptors (Lipinski definition) is 6. The molecule has 1 saturated heterocycles. The number of aliphatic imine (C=N–C) groups is 1. The highest BCUT2D eigenvalue weighted by molar-refractivity contribution is 6.01. The molecule has 0 atom stereocenters. The Morgan fingerprint density at radius 2 is 2.03 bits per heavy atom. The van der Waals surface area contributed by atoms with E-state index >= 15 is 0 Å². The van der Waals surface area contributed by atoms with E-state index in [0.29, 0.717) is 6.54 Å². The van der Waals surface area contributed by atoms with Crippen LogP contribution in [0.5, 0.6) is 0 Å². The van der Waals surface area contributed by atoms with Crippen LogP contribution in [-0.2, 0) is 4.84 Å². The highest BCUT2D eigenvalue weighted by Crippen LogP contribution is 2.36. The number of aromatic nitrogens is 2. The van der Waals surface area contributed by atoms with Gasteiger partial charge in [-0.3, -0.25) is 15.0 Å². The Labute approximate surface area is 191 Å². The van der Waals surface area contributed by atoms with Crippen molar-refractivity contribution in [2.45, 2.75) is 26.2 Å². The van der Waals surface area contributed by atoms with Crippen molar-refractivity contribution >= 4 is 17.2 Å². The van der Waals surface area contributed by atoms with Crippen molar-refractivity contribution in [2.75, 3.05) is 24.6 Å². The van der Waals surface area contributed by atoms with Crippen molar-refractivity contribution < 1.29 is 9.23 Å². The van der Waals surface area contributed by atoms with Crippen LogP contribution >= 0.6 is 0 Å². The highest BCUT2D eigenvalue weighted by atomic mass is 19.1. The van der Waals surface area contributed by atoms with Crippen molar-refractivity contribution in [3.8, 4) is 0 Å². The quantitative estimate of drug-likeness (QED) is 0.772. The predicted molar refractivity (Wildman–Crippen MR) is 125 cm³/mol. The van der Waals surface area contributed by atoms with E-state index in [-0.39, 0.29) is 5.82 Å². The number of aryl methyl sites for hydroxylation is 1. The number of amidine groups is 1. The molecule has 3 aliphatic heterocycles. The number of halogens is 1. The van der Waals surface area contributed by atoms with Gasteiger partial charge in [0.15, 0.2) is 0 Å². The first-order valence-electron chi connectivity index (χ1n) is 11.3. The molecule has 1 aliphatic carbocycles. The van der Waals surface area contributed by atoms with Crippen LogP contribution in [0.1, 0.15) is 25.0 Å². The second-order valence-electron chi connectivity index (χ2n) is 8.56. The van der Waals surface area contributed by atoms with Crippen molar-refractivity contribution in [3.05, 3.63) is 89.1 Å². The summed E-state index contributed by atoms with van der Waals surface area (Å²) in [5.74, 6) is 0.787. The highest BCUT2D eigenvalue weighted by Gasteiger charge is 2.31. The fourth-order valence-electron chi connectivity index (χ4n) is 4.84. The molecular weight excluding hydrogens is 419 g/mol. The number of allylic oxidation sites excluding steroid dienone is 4. The molecule has 1 aromatic heterocycles. The molecule has 4 aliphatic rings. The van der Waals surface area contributed by atoms with Gasteiger partial charge in [0, 0.05) is 24.7 Å². The molecule has 168 valence electrons. The lowest BCUT2D eigenvalue weighted by Crippen LogP contribution is -2.53. The van der Waals surface area contributed by atoms with Crippen LogP contribution in [0.4, 0.5) is 10.1 Å². The maximum absolute atomic E-state index is 13.5. The molecule has 8 heteroatoms. The van der Waals surface area contributed by atoms with E-state index in [4.69, 9.17) is 9.83 Å². The number of nitrogens with zero attached hydrogens (tertiary/aromatic N) is 5. The number of piperidine rings is 1. The van der Waals surface area contributed by atoms with E-state index in [9.17, 15) is 4.39 Å². The van der Waals surface area contributed by atoms with E-state index in [1.165, 1.54) is 17.7 Å². The van der Waals surface area contributed by atoms with Gasteiger partial charge in [-0.25, -0.2) is 14.9 Å². The summed E-state index contributed by atoms with van der Waals surface area (Å²) >= 11 is 0. The van der Waals surface area contributed by atoms with Gasteiger partial charge in [-0.2, -0.15) is 0 Å². The lowest BCUT2D eigenvalue weighted by Gasteiger charge is -2.44. The number of nitrogens with one attached hydrogen (secondary N) is 1. The van der Waals surface area contributed by atoms with Gasteiger partial charge in [-0.15, -0.1) is 0 Å². The molecule has 0 radical (unpaired) electrons. The Balaban J connectivity index is 1.30. The molecule has 6 rings (SSSR count). The van der Waals surface area contributed by atoms with Gasteiger partial charge in [0.25, 0.3) is 0 Å². The number of imidazole rings is 1. The molecule has 2 aromatic rings. The van der Waals surface area contributed by atoms with E-state index in [1.54, 1.807) is 6.26 Å². The van der Waals surface area contributed by atoms with Crippen LogP contribution in [0.15, 0.2) is 82.6 Å². The predicted octanol–water partition coefficient (Wildman–Crippen LogP) is 4.10. The third-order valence-electron chi connectivity index (χ3n) is 6.41. The average Bonchev–Trinajstić information content (AvgIpc) is 3.49. The number of hydrazine groups is 1. The fraction of sp³-hybridized carbons (Fsp3) is 0.280. The lowest BCUT2D eigenvalue weighted by atomic mass is 9.91. The zero-order valence-electron chi connectivity index (χ0n) is 18.5. The Hall–Kier alpha value is -3.81. The molecule has 1 fully saturated rings. The smallest absolute Gasteiger partial charge is 0.145 e. The standard InChI is InChI=1S/C25H25FN6O/c1-17-14-30(16-28-17)23-9-4-18(22-15-33-29-24(22)23)13-19-3-2-11-32-25(19)27-10-12-31(32)21-7-5-20(26)6-8-21/h4-8,13-16,29H,2-3,9-12H2,1H3. The molecule has 1 aromatic carbocycles. The van der Waals surface area contributed by atoms with Crippen LogP contribution in [-0.4, -0.2) is 40.0 Å². The Morgan fingerprint density at radius 1 is 1.15 bits per heavy atom. The Morgan fingerprint density at radius 3 is 2.85 bits per heavy atom. The number of hydroxylamine groups is 1. The summed E-state index contributed by atoms with van der Waals surface area (Å²) in [7, 11) is 0. The summed E-state index contributed by atoms with van der Waals surface area (Å²) in [5, 5.41) is 4.46. The minimum Gasteiger partial charge on any atom is -0.389 e. The van der Waals surface area contributed by atoms with E-state index in [1.807, 2.05) is 31.6 Å². The zero-order valence-corrected chi connectivity index (χ0v) is 18.5. The van der Waals surface area contributed by atoms with Crippen LogP contribution in [0, 0.1) is 12.7 Å². The molecular formula is C25H25FN6O. The third kappa shape index (κ3) is 3.51. The summed E-state index contributed by atoms with van der Waals surface area (Å²) in [4.78, 5) is 14.8. The van der Waals surface area contributed by atoms with Gasteiger partial charge in [0.2, 0.25) is 0 Å². The van der Waals surface area contributed by atoms with Gasteiger partial charge in [0.05, 0.1) is 36.5 Å². The molecule has 0 unspecified atom stereocenters. The molecule has 7 nitrogen and oxygen atoms in total. The number of benzene rings is 1. The van der Waals surface area contributed by atoms with E-state index in [2.05, 4.69) is 37.2 Å². The maximum atomic E-state index is 13.5. The van der Waals surface area contributed by atoms with Gasteiger partial charge >= 0.3 is 0 Å². The van der Waals surface area contributed by atoms with Crippen molar-refractivity contribution in [2.24, 2.45) is 4.99 Å². The number of rotatable bonds is 3. The monoisotopic (exact) mass is 444 g/mol. The van der Waals surface area contributed by atoms with Crippen molar-refractivity contribution in [3.63, 3.8) is 0 Å². The SMILES string of the molecule is Cc1cn(C2=C3NOC=C3C(C=C3CCCN4C3=NCCN4c3ccc(F)cc3)=CC2)cn1. The van der Waals surface area contributed by atoms with Crippen LogP contribution in [0.2, 0.25) is 0 Å². The van der Waals surface area contributed by atoms with E-state index < -0.39 is 0 Å². The molecule has 0 spiro atoms. The van der Waals surface area contributed by atoms with Gasteiger partial charge in [0.1, 0.15) is 23.6 Å². The summed E-state index contributed by atoms with van der Waals surface area (Å²) in [6.45, 7) is 4.38. The average molecular weight is 445 g/mol. The molecule has 1 N–H and O–H groups in total. The maximum Gasteiger partial charge on any atom is 0.145 e. The Bertz CT molecular complexity index is 1250. The molecule has 33 heavy (non-hydrogen) atoms. The minimum absolute atomic E-state index is 0.220. The van der Waals surface area contributed by atoms with E-state index in [0.717, 1.165) is 72.1 Å². The van der Waals surface area contributed by atoms with Gasteiger partial charge in [-0.1, -0.05) is 6.08 Å². The third-order valence-corrected chi connectivity index (χ3v) is 6.41. The summed E-state index contributed by atoms with van der Waals surface area (Å²) in [5.41, 5.74) is 10.5. The first-order chi connectivity index (χ1) is 16.2. The number of hydrogen-bond donors (Lipinski definition) is 1. The second kappa shape index (κ2) is 7.95. The molecule has 4 heterocycles. The molecule has 0 saturated carbocycles. The number of fused-ring (bicyclic) bond motifs is 2. The largest absolute Gasteiger partial charge is 0.389 e. The number of anilines is 1. The van der Waals surface area contributed by atoms with Crippen LogP contribution in [0.25, 0.3) is 5.70 Å². The summed E-state index contributed by atoms with van der Waals surface area (Å²) in [6.07, 6.45) is 12.9. The molecule has 0 amide bonds. The van der Waals surface area contributed by atoms with Crippen molar-refractivity contribution in [1.82, 2.24) is 20.0 Å². The normalized spacial score (nSPS) is 21.2. The summed E-state index contributed by atoms with van der Waals surface area (Å²) < 4.78 is 15.5. The first kappa shape index (κ1) is 19.8. The molecule has 0 bridgehead atoms.